The summed E-state index contributed by atoms with van der Waals surface area (Å²) in [6.07, 6.45) is -4.84. The maximum absolute atomic E-state index is 13.6. The van der Waals surface area contributed by atoms with E-state index in [1.54, 1.807) is 0 Å². The van der Waals surface area contributed by atoms with Gasteiger partial charge < -0.3 is 14.7 Å². The molecule has 41 heavy (non-hydrogen) atoms. The van der Waals surface area contributed by atoms with E-state index >= 15 is 0 Å². The number of hydrogen-bond acceptors (Lipinski definition) is 8. The van der Waals surface area contributed by atoms with Gasteiger partial charge in [0.05, 0.1) is 31.5 Å². The number of amidine groups is 1. The van der Waals surface area contributed by atoms with Gasteiger partial charge in [0.1, 0.15) is 0 Å². The summed E-state index contributed by atoms with van der Waals surface area (Å²) in [5.41, 5.74) is 0.584. The molecule has 0 saturated carbocycles. The number of halogens is 4. The fourth-order valence-electron chi connectivity index (χ4n) is 5.51. The molecule has 3 aliphatic heterocycles. The van der Waals surface area contributed by atoms with Crippen molar-refractivity contribution in [1.82, 2.24) is 9.80 Å². The van der Waals surface area contributed by atoms with Crippen LogP contribution in [-0.2, 0) is 36.1 Å². The smallest absolute Gasteiger partial charge is 0.475 e. The molecule has 0 radical (unpaired) electrons. The molecule has 0 aliphatic carbocycles. The Morgan fingerprint density at radius 3 is 2.27 bits per heavy atom. The Labute approximate surface area is 242 Å². The zero-order chi connectivity index (χ0) is 30.1. The highest BCUT2D eigenvalue weighted by Gasteiger charge is 2.73. The molecule has 2 aromatic rings. The Hall–Kier alpha value is -3.58. The number of carbonyl (C=O) groups excluding carboxylic acids is 3. The van der Waals surface area contributed by atoms with Gasteiger partial charge in [-0.2, -0.15) is 13.2 Å². The number of ether oxygens (including phenoxy) is 1. The minimum Gasteiger partial charge on any atom is -0.475 e. The summed E-state index contributed by atoms with van der Waals surface area (Å²) in [7, 11) is 2.82. The first-order valence-electron chi connectivity index (χ1n) is 12.3. The molecule has 2 fully saturated rings. The van der Waals surface area contributed by atoms with E-state index in [0.29, 0.717) is 22.5 Å². The zero-order valence-electron chi connectivity index (χ0n) is 21.8. The fraction of sp³-hybridized carbons (Fsp3) is 0.370. The lowest BCUT2D eigenvalue weighted by Crippen LogP contribution is -2.60. The first-order chi connectivity index (χ1) is 19.3. The second kappa shape index (κ2) is 11.7. The van der Waals surface area contributed by atoms with Crippen LogP contribution in [0, 0.1) is 11.8 Å². The minimum absolute atomic E-state index is 0.242. The molecule has 218 valence electrons. The van der Waals surface area contributed by atoms with Gasteiger partial charge in [-0.1, -0.05) is 65.8 Å². The number of carboxylic acid groups (broad SMARTS) is 1. The number of esters is 1. The van der Waals surface area contributed by atoms with E-state index < -0.39 is 35.5 Å². The highest BCUT2D eigenvalue weighted by molar-refractivity contribution is 8.13. The molecule has 3 aliphatic rings. The van der Waals surface area contributed by atoms with Crippen LogP contribution in [0.2, 0.25) is 5.02 Å². The topological polar surface area (TPSA) is 117 Å². The Bertz CT molecular complexity index is 1370. The van der Waals surface area contributed by atoms with Gasteiger partial charge in [0.2, 0.25) is 11.8 Å². The van der Waals surface area contributed by atoms with Crippen molar-refractivity contribution < 1.29 is 42.2 Å². The van der Waals surface area contributed by atoms with Crippen molar-refractivity contribution in [3.8, 4) is 0 Å². The zero-order valence-corrected chi connectivity index (χ0v) is 23.4. The largest absolute Gasteiger partial charge is 0.490 e. The molecule has 2 saturated heterocycles. The predicted molar refractivity (Wildman–Crippen MR) is 144 cm³/mol. The van der Waals surface area contributed by atoms with Crippen LogP contribution in [0.4, 0.5) is 13.2 Å². The Balaban J connectivity index is 0.000000493. The first kappa shape index (κ1) is 30.4. The third kappa shape index (κ3) is 5.65. The van der Waals surface area contributed by atoms with E-state index in [1.165, 1.54) is 25.9 Å². The minimum atomic E-state index is -5.08. The highest BCUT2D eigenvalue weighted by atomic mass is 35.5. The molecular formula is C27H25ClF3N3O6S. The number of rotatable bonds is 5. The fourth-order valence-corrected chi connectivity index (χ4v) is 6.72. The van der Waals surface area contributed by atoms with Crippen LogP contribution < -0.4 is 0 Å². The summed E-state index contributed by atoms with van der Waals surface area (Å²) in [5, 5.41) is 8.44. The number of fused-ring (bicyclic) bond motifs is 3. The number of alkyl halides is 3. The quantitative estimate of drug-likeness (QED) is 0.402. The molecule has 3 heterocycles. The third-order valence-electron chi connectivity index (χ3n) is 7.26. The molecule has 0 unspecified atom stereocenters. The maximum atomic E-state index is 13.6. The van der Waals surface area contributed by atoms with Crippen molar-refractivity contribution in [2.45, 2.75) is 29.9 Å². The average Bonchev–Trinajstić information content (AvgIpc) is 3.55. The molecule has 1 N–H and O–H groups in total. The summed E-state index contributed by atoms with van der Waals surface area (Å²) in [4.78, 5) is 56.9. The Morgan fingerprint density at radius 2 is 1.71 bits per heavy atom. The number of aliphatic imine (C=N–C) groups is 1. The van der Waals surface area contributed by atoms with Crippen LogP contribution in [-0.4, -0.2) is 82.3 Å². The van der Waals surface area contributed by atoms with E-state index in [1.807, 2.05) is 59.5 Å². The molecular weight excluding hydrogens is 587 g/mol. The second-order valence-corrected chi connectivity index (χ2v) is 11.0. The van der Waals surface area contributed by atoms with Gasteiger partial charge in [-0.05, 0) is 23.3 Å². The van der Waals surface area contributed by atoms with Gasteiger partial charge in [-0.15, -0.1) is 0 Å². The monoisotopic (exact) mass is 611 g/mol. The van der Waals surface area contributed by atoms with E-state index in [9.17, 15) is 27.6 Å². The molecule has 9 nitrogen and oxygen atoms in total. The van der Waals surface area contributed by atoms with E-state index in [-0.39, 0.29) is 24.3 Å². The van der Waals surface area contributed by atoms with Gasteiger partial charge >= 0.3 is 18.1 Å². The number of carboxylic acids is 1. The Kier molecular flexibility index (Phi) is 8.69. The molecule has 0 spiro atoms. The van der Waals surface area contributed by atoms with Crippen LogP contribution >= 0.6 is 23.4 Å². The number of imide groups is 1. The summed E-state index contributed by atoms with van der Waals surface area (Å²) in [5.74, 6) is -4.74. The molecule has 2 amide bonds. The van der Waals surface area contributed by atoms with Gasteiger partial charge in [0, 0.05) is 24.2 Å². The number of thioether (sulfide) groups is 1. The number of methoxy groups -OCH3 is 1. The molecule has 5 rings (SSSR count). The summed E-state index contributed by atoms with van der Waals surface area (Å²) >= 11 is 7.50. The van der Waals surface area contributed by atoms with Crippen molar-refractivity contribution in [2.75, 3.05) is 20.7 Å². The molecule has 2 aromatic carbocycles. The van der Waals surface area contributed by atoms with Crippen molar-refractivity contribution >= 4 is 52.3 Å². The first-order valence-corrected chi connectivity index (χ1v) is 13.6. The number of carbonyl (C=O) groups is 4. The highest BCUT2D eigenvalue weighted by Crippen LogP contribution is 2.53. The number of benzene rings is 2. The van der Waals surface area contributed by atoms with Crippen molar-refractivity contribution in [3.05, 3.63) is 70.7 Å². The number of hydrogen-bond donors (Lipinski definition) is 1. The van der Waals surface area contributed by atoms with Crippen molar-refractivity contribution in [2.24, 2.45) is 16.8 Å². The van der Waals surface area contributed by atoms with Gasteiger partial charge in [-0.25, -0.2) is 9.59 Å². The van der Waals surface area contributed by atoms with Crippen molar-refractivity contribution in [3.63, 3.8) is 0 Å². The molecule has 0 bridgehead atoms. The maximum Gasteiger partial charge on any atom is 0.490 e. The van der Waals surface area contributed by atoms with Crippen LogP contribution in [0.5, 0.6) is 0 Å². The van der Waals surface area contributed by atoms with E-state index in [0.717, 1.165) is 16.0 Å². The summed E-state index contributed by atoms with van der Waals surface area (Å²) in [6.45, 7) is 0.352. The lowest BCUT2D eigenvalue weighted by molar-refractivity contribution is -0.192. The molecule has 4 atom stereocenters. The number of nitrogens with zero attached hydrogens (tertiary/aromatic N) is 3. The van der Waals surface area contributed by atoms with E-state index in [2.05, 4.69) is 0 Å². The number of aliphatic carboxylic acids is 1. The van der Waals surface area contributed by atoms with Gasteiger partial charge in [0.25, 0.3) is 0 Å². The number of amides is 2. The Morgan fingerprint density at radius 1 is 1.10 bits per heavy atom. The van der Waals surface area contributed by atoms with Crippen LogP contribution in [0.1, 0.15) is 11.1 Å². The lowest BCUT2D eigenvalue weighted by Gasteiger charge is -2.40. The SMILES string of the molecule is COC(=O)[C@@]1(Cc2ccccc2)[C@H]2C(=O)N(C)C(=O)[C@H]2[C@H]2CN=C(SCc3ccc(Cl)cc3)N21.O=C(O)C(F)(F)F. The van der Waals surface area contributed by atoms with Crippen molar-refractivity contribution in [1.29, 1.82) is 0 Å². The lowest BCUT2D eigenvalue weighted by atomic mass is 9.76. The second-order valence-electron chi connectivity index (χ2n) is 9.60. The normalized spacial score (nSPS) is 24.8. The summed E-state index contributed by atoms with van der Waals surface area (Å²) in [6, 6.07) is 16.7. The van der Waals surface area contributed by atoms with Gasteiger partial charge in [-0.3, -0.25) is 19.5 Å². The van der Waals surface area contributed by atoms with Gasteiger partial charge in [0.15, 0.2) is 10.7 Å². The predicted octanol–water partition coefficient (Wildman–Crippen LogP) is 3.65. The number of likely N-dealkylation sites (tertiary alicyclic amines) is 1. The average molecular weight is 612 g/mol. The van der Waals surface area contributed by atoms with Crippen LogP contribution in [0.3, 0.4) is 0 Å². The van der Waals surface area contributed by atoms with Crippen LogP contribution in [0.25, 0.3) is 0 Å². The van der Waals surface area contributed by atoms with E-state index in [4.69, 9.17) is 31.2 Å². The molecule has 14 heteroatoms. The third-order valence-corrected chi connectivity index (χ3v) is 8.57. The summed E-state index contributed by atoms with van der Waals surface area (Å²) < 4.78 is 37.1. The standard InChI is InChI=1S/C25H24ClN3O4S.C2HF3O2/c1-28-21(30)19-18-13-27-24(34-14-16-8-10-17(26)11-9-16)29(18)25(23(32)33-2,20(19)22(28)31)12-15-6-4-3-5-7-15;3-2(4,5)1(6)7/h3-11,18-20H,12-14H2,1-2H3;(H,6,7)/t18-,19+,20-,25-;/m1./s1. The van der Waals surface area contributed by atoms with Crippen LogP contribution in [0.15, 0.2) is 59.6 Å². The molecule has 0 aromatic heterocycles.